The maximum absolute atomic E-state index is 5.97. The molecule has 1 aliphatic heterocycles. The number of nitrogens with one attached hydrogen (secondary N) is 1. The minimum atomic E-state index is 0.224. The summed E-state index contributed by atoms with van der Waals surface area (Å²) in [6.07, 6.45) is 0.224. The molecular weight excluding hydrogens is 256 g/mol. The van der Waals surface area contributed by atoms with Crippen molar-refractivity contribution in [1.29, 1.82) is 0 Å². The first kappa shape index (κ1) is 13.1. The number of hydrogen-bond donors (Lipinski definition) is 1. The van der Waals surface area contributed by atoms with Gasteiger partial charge in [-0.25, -0.2) is 0 Å². The quantitative estimate of drug-likeness (QED) is 0.932. The minimum absolute atomic E-state index is 0.224. The summed E-state index contributed by atoms with van der Waals surface area (Å²) >= 11 is 1.83. The summed E-state index contributed by atoms with van der Waals surface area (Å²) in [5.74, 6) is 0. The van der Waals surface area contributed by atoms with E-state index in [4.69, 9.17) is 4.74 Å². The molecule has 102 valence electrons. The van der Waals surface area contributed by atoms with E-state index in [1.807, 2.05) is 18.4 Å². The molecular formula is C15H20N2OS. The van der Waals surface area contributed by atoms with Crippen LogP contribution in [0.3, 0.4) is 0 Å². The monoisotopic (exact) mass is 276 g/mol. The van der Waals surface area contributed by atoms with Crippen LogP contribution in [-0.2, 0) is 4.74 Å². The van der Waals surface area contributed by atoms with Crippen molar-refractivity contribution in [2.75, 3.05) is 33.8 Å². The van der Waals surface area contributed by atoms with Crippen molar-refractivity contribution in [3.8, 4) is 0 Å². The molecule has 1 fully saturated rings. The van der Waals surface area contributed by atoms with Crippen molar-refractivity contribution in [2.24, 2.45) is 0 Å². The van der Waals surface area contributed by atoms with Crippen LogP contribution in [0.25, 0.3) is 10.1 Å². The zero-order valence-corrected chi connectivity index (χ0v) is 12.2. The van der Waals surface area contributed by atoms with E-state index in [9.17, 15) is 0 Å². The molecule has 1 saturated heterocycles. The lowest BCUT2D eigenvalue weighted by atomic mass is 9.98. The molecule has 0 saturated carbocycles. The molecule has 0 amide bonds. The first-order chi connectivity index (χ1) is 9.31. The molecule has 2 aromatic rings. The normalized spacial score (nSPS) is 24.9. The predicted octanol–water partition coefficient (Wildman–Crippen LogP) is 2.49. The fourth-order valence-electron chi connectivity index (χ4n) is 2.90. The Morgan fingerprint density at radius 1 is 1.42 bits per heavy atom. The highest BCUT2D eigenvalue weighted by atomic mass is 32.1. The van der Waals surface area contributed by atoms with Crippen molar-refractivity contribution in [1.82, 2.24) is 10.2 Å². The lowest BCUT2D eigenvalue weighted by Crippen LogP contribution is -2.46. The second-order valence-electron chi connectivity index (χ2n) is 5.08. The summed E-state index contributed by atoms with van der Waals surface area (Å²) in [7, 11) is 4.18. The van der Waals surface area contributed by atoms with Gasteiger partial charge in [0.1, 0.15) is 0 Å². The third-order valence-corrected chi connectivity index (χ3v) is 4.82. The Bertz CT molecular complexity index is 552. The van der Waals surface area contributed by atoms with Crippen LogP contribution in [0.15, 0.2) is 29.6 Å². The summed E-state index contributed by atoms with van der Waals surface area (Å²) in [4.78, 5) is 2.42. The van der Waals surface area contributed by atoms with Gasteiger partial charge in [0.05, 0.1) is 18.8 Å². The SMILES string of the molecule is CNCC1OCCN(C)C1c1csc2ccccc12. The van der Waals surface area contributed by atoms with Crippen molar-refractivity contribution in [2.45, 2.75) is 12.1 Å². The highest BCUT2D eigenvalue weighted by molar-refractivity contribution is 7.17. The number of likely N-dealkylation sites (N-methyl/N-ethyl adjacent to an activating group) is 2. The predicted molar refractivity (Wildman–Crippen MR) is 80.9 cm³/mol. The van der Waals surface area contributed by atoms with E-state index >= 15 is 0 Å². The number of hydrogen-bond acceptors (Lipinski definition) is 4. The highest BCUT2D eigenvalue weighted by Gasteiger charge is 2.32. The molecule has 0 bridgehead atoms. The largest absolute Gasteiger partial charge is 0.374 e. The summed E-state index contributed by atoms with van der Waals surface area (Å²) in [6.45, 7) is 2.70. The number of rotatable bonds is 3. The van der Waals surface area contributed by atoms with E-state index in [2.05, 4.69) is 46.9 Å². The highest BCUT2D eigenvalue weighted by Crippen LogP contribution is 2.36. The minimum Gasteiger partial charge on any atom is -0.374 e. The van der Waals surface area contributed by atoms with Crippen LogP contribution >= 0.6 is 11.3 Å². The molecule has 1 aromatic heterocycles. The van der Waals surface area contributed by atoms with E-state index in [0.717, 1.165) is 19.7 Å². The molecule has 1 aromatic carbocycles. The van der Waals surface area contributed by atoms with Gasteiger partial charge in [0.15, 0.2) is 0 Å². The number of nitrogens with zero attached hydrogens (tertiary/aromatic N) is 1. The Kier molecular flexibility index (Phi) is 3.84. The average molecular weight is 276 g/mol. The molecule has 1 aliphatic rings. The van der Waals surface area contributed by atoms with Gasteiger partial charge in [-0.2, -0.15) is 0 Å². The second kappa shape index (κ2) is 5.59. The zero-order chi connectivity index (χ0) is 13.2. The fourth-order valence-corrected chi connectivity index (χ4v) is 3.89. The molecule has 4 heteroatoms. The topological polar surface area (TPSA) is 24.5 Å². The van der Waals surface area contributed by atoms with Crippen LogP contribution in [0, 0.1) is 0 Å². The van der Waals surface area contributed by atoms with Crippen LogP contribution in [-0.4, -0.2) is 44.8 Å². The van der Waals surface area contributed by atoms with Gasteiger partial charge in [-0.3, -0.25) is 4.90 Å². The summed E-state index contributed by atoms with van der Waals surface area (Å²) in [5, 5.41) is 6.92. The molecule has 0 aliphatic carbocycles. The number of fused-ring (bicyclic) bond motifs is 1. The van der Waals surface area contributed by atoms with Crippen molar-refractivity contribution >= 4 is 21.4 Å². The van der Waals surface area contributed by atoms with E-state index in [1.165, 1.54) is 15.6 Å². The van der Waals surface area contributed by atoms with Gasteiger partial charge in [0.25, 0.3) is 0 Å². The zero-order valence-electron chi connectivity index (χ0n) is 11.4. The Balaban J connectivity index is 2.01. The summed E-state index contributed by atoms with van der Waals surface area (Å²) in [5.41, 5.74) is 1.41. The van der Waals surface area contributed by atoms with Gasteiger partial charge in [-0.15, -0.1) is 11.3 Å². The Labute approximate surface area is 118 Å². The Morgan fingerprint density at radius 3 is 3.11 bits per heavy atom. The summed E-state index contributed by atoms with van der Waals surface area (Å²) < 4.78 is 7.34. The van der Waals surface area contributed by atoms with Crippen molar-refractivity contribution in [3.05, 3.63) is 35.2 Å². The van der Waals surface area contributed by atoms with Gasteiger partial charge in [-0.05, 0) is 36.5 Å². The van der Waals surface area contributed by atoms with E-state index in [0.29, 0.717) is 6.04 Å². The van der Waals surface area contributed by atoms with Crippen LogP contribution in [0.5, 0.6) is 0 Å². The molecule has 2 atom stereocenters. The third kappa shape index (κ3) is 2.41. The second-order valence-corrected chi connectivity index (χ2v) is 5.99. The molecule has 0 radical (unpaired) electrons. The van der Waals surface area contributed by atoms with Crippen LogP contribution in [0.1, 0.15) is 11.6 Å². The van der Waals surface area contributed by atoms with Gasteiger partial charge >= 0.3 is 0 Å². The Hall–Kier alpha value is -0.940. The molecule has 2 unspecified atom stereocenters. The molecule has 2 heterocycles. The van der Waals surface area contributed by atoms with E-state index < -0.39 is 0 Å². The number of morpholine rings is 1. The van der Waals surface area contributed by atoms with Crippen LogP contribution in [0.4, 0.5) is 0 Å². The Morgan fingerprint density at radius 2 is 2.26 bits per heavy atom. The van der Waals surface area contributed by atoms with E-state index in [-0.39, 0.29) is 6.10 Å². The average Bonchev–Trinajstić information content (AvgIpc) is 2.83. The molecule has 3 rings (SSSR count). The third-order valence-electron chi connectivity index (χ3n) is 3.84. The van der Waals surface area contributed by atoms with E-state index in [1.54, 1.807) is 0 Å². The standard InChI is InChI=1S/C15H20N2OS/c1-16-9-13-15(17(2)7-8-18-13)12-10-19-14-6-4-3-5-11(12)14/h3-6,10,13,15-16H,7-9H2,1-2H3. The fraction of sp³-hybridized carbons (Fsp3) is 0.467. The lowest BCUT2D eigenvalue weighted by Gasteiger charge is -2.39. The van der Waals surface area contributed by atoms with Gasteiger partial charge < -0.3 is 10.1 Å². The smallest absolute Gasteiger partial charge is 0.0896 e. The molecule has 19 heavy (non-hydrogen) atoms. The first-order valence-electron chi connectivity index (χ1n) is 6.74. The maximum Gasteiger partial charge on any atom is 0.0896 e. The molecule has 0 spiro atoms. The number of benzene rings is 1. The maximum atomic E-state index is 5.97. The van der Waals surface area contributed by atoms with Crippen LogP contribution in [0.2, 0.25) is 0 Å². The number of thiophene rings is 1. The van der Waals surface area contributed by atoms with Crippen LogP contribution < -0.4 is 5.32 Å². The molecule has 3 nitrogen and oxygen atoms in total. The van der Waals surface area contributed by atoms with Gasteiger partial charge in [0.2, 0.25) is 0 Å². The molecule has 1 N–H and O–H groups in total. The first-order valence-corrected chi connectivity index (χ1v) is 7.62. The van der Waals surface area contributed by atoms with Gasteiger partial charge in [-0.1, -0.05) is 18.2 Å². The van der Waals surface area contributed by atoms with Gasteiger partial charge in [0, 0.05) is 17.8 Å². The van der Waals surface area contributed by atoms with Crippen molar-refractivity contribution in [3.63, 3.8) is 0 Å². The number of ether oxygens (including phenoxy) is 1. The lowest BCUT2D eigenvalue weighted by molar-refractivity contribution is -0.0600. The summed E-state index contributed by atoms with van der Waals surface area (Å²) in [6, 6.07) is 8.99. The van der Waals surface area contributed by atoms with Crippen molar-refractivity contribution < 1.29 is 4.74 Å².